The van der Waals surface area contributed by atoms with Crippen LogP contribution in [0.1, 0.15) is 0 Å². The predicted molar refractivity (Wildman–Crippen MR) is 434 cm³/mol. The first-order chi connectivity index (χ1) is 49.6. The second-order valence-electron chi connectivity index (χ2n) is 26.2. The predicted octanol–water partition coefficient (Wildman–Crippen LogP) is 28.6. The summed E-state index contributed by atoms with van der Waals surface area (Å²) in [4.78, 5) is 4.96. The number of para-hydroxylation sites is 2. The van der Waals surface area contributed by atoms with Crippen molar-refractivity contribution in [1.29, 1.82) is 0 Å². The molecule has 0 aliphatic heterocycles. The lowest BCUT2D eigenvalue weighted by molar-refractivity contribution is 1.29. The molecular weight excluding hydrogens is 1250 g/mol. The van der Waals surface area contributed by atoms with Gasteiger partial charge in [-0.05, 0) is 212 Å². The largest absolute Gasteiger partial charge is 0.310 e. The Balaban J connectivity index is 0.676. The van der Waals surface area contributed by atoms with E-state index in [-0.39, 0.29) is 0 Å². The Morgan fingerprint density at radius 2 is 0.580 bits per heavy atom. The molecule has 0 fully saturated rings. The topological polar surface area (TPSA) is 6.48 Å². The summed E-state index contributed by atoms with van der Waals surface area (Å²) in [5, 5.41) is 19.9. The Kier molecular flexibility index (Phi) is 13.7. The van der Waals surface area contributed by atoms with Crippen molar-refractivity contribution in [2.45, 2.75) is 0 Å². The first-order valence-corrected chi connectivity index (χ1v) is 35.9. The number of fused-ring (bicyclic) bond motifs is 14. The van der Waals surface area contributed by atoms with Crippen LogP contribution in [0.15, 0.2) is 364 Å². The summed E-state index contributed by atoms with van der Waals surface area (Å²) < 4.78 is 5.08. The van der Waals surface area contributed by atoms with Crippen LogP contribution in [-0.4, -0.2) is 0 Å². The van der Waals surface area contributed by atoms with Crippen molar-refractivity contribution in [2.75, 3.05) is 9.80 Å². The second kappa shape index (κ2) is 23.7. The third-order valence-corrected chi connectivity index (χ3v) is 22.9. The Morgan fingerprint density at radius 1 is 0.180 bits per heavy atom. The van der Waals surface area contributed by atoms with Crippen molar-refractivity contribution in [1.82, 2.24) is 0 Å². The van der Waals surface area contributed by atoms with E-state index in [0.717, 1.165) is 45.3 Å². The third kappa shape index (κ3) is 9.67. The number of hydrogen-bond donors (Lipinski definition) is 0. The van der Waals surface area contributed by atoms with Crippen molar-refractivity contribution < 1.29 is 0 Å². The van der Waals surface area contributed by atoms with Crippen molar-refractivity contribution in [3.05, 3.63) is 364 Å². The summed E-state index contributed by atoms with van der Waals surface area (Å²) in [5.74, 6) is 0. The summed E-state index contributed by atoms with van der Waals surface area (Å²) in [6.07, 6.45) is 0. The Hall–Kier alpha value is -12.4. The molecule has 0 amide bonds. The molecular formula is C96H60N2S2. The first kappa shape index (κ1) is 57.8. The van der Waals surface area contributed by atoms with Crippen LogP contribution in [0, 0.1) is 0 Å². The van der Waals surface area contributed by atoms with E-state index in [1.165, 1.54) is 149 Å². The van der Waals surface area contributed by atoms with Gasteiger partial charge < -0.3 is 9.80 Å². The van der Waals surface area contributed by atoms with Crippen LogP contribution in [0.25, 0.3) is 161 Å². The molecule has 2 heterocycles. The zero-order chi connectivity index (χ0) is 65.8. The van der Waals surface area contributed by atoms with Crippen molar-refractivity contribution in [3.8, 4) is 55.6 Å². The van der Waals surface area contributed by atoms with E-state index in [0.29, 0.717) is 0 Å². The highest BCUT2D eigenvalue weighted by molar-refractivity contribution is 7.26. The molecule has 2 aromatic heterocycles. The zero-order valence-corrected chi connectivity index (χ0v) is 56.0. The van der Waals surface area contributed by atoms with E-state index < -0.39 is 0 Å². The van der Waals surface area contributed by atoms with Gasteiger partial charge in [-0.3, -0.25) is 0 Å². The highest BCUT2D eigenvalue weighted by Crippen LogP contribution is 2.51. The fraction of sp³-hybridized carbons (Fsp3) is 0. The van der Waals surface area contributed by atoms with Crippen LogP contribution >= 0.6 is 22.7 Å². The van der Waals surface area contributed by atoms with Gasteiger partial charge in [-0.15, -0.1) is 22.7 Å². The molecule has 0 atom stereocenters. The molecule has 466 valence electrons. The van der Waals surface area contributed by atoms with Crippen LogP contribution in [0.4, 0.5) is 34.1 Å². The lowest BCUT2D eigenvalue weighted by atomic mass is 9.93. The summed E-state index contributed by atoms with van der Waals surface area (Å²) >= 11 is 3.74. The zero-order valence-electron chi connectivity index (χ0n) is 54.4. The van der Waals surface area contributed by atoms with Gasteiger partial charge in [0, 0.05) is 68.5 Å². The van der Waals surface area contributed by atoms with Gasteiger partial charge in [-0.1, -0.05) is 261 Å². The number of benzene rings is 18. The molecule has 0 radical (unpaired) electrons. The summed E-state index contributed by atoms with van der Waals surface area (Å²) in [6.45, 7) is 0. The molecule has 0 saturated carbocycles. The van der Waals surface area contributed by atoms with E-state index in [9.17, 15) is 0 Å². The molecule has 0 spiro atoms. The number of thiophene rings is 2. The second-order valence-corrected chi connectivity index (χ2v) is 28.4. The summed E-state index contributed by atoms with van der Waals surface area (Å²) in [5.41, 5.74) is 18.6. The average Bonchev–Trinajstić information content (AvgIpc) is 1.46. The fourth-order valence-corrected chi connectivity index (χ4v) is 18.2. The van der Waals surface area contributed by atoms with Crippen LogP contribution in [0.5, 0.6) is 0 Å². The van der Waals surface area contributed by atoms with Crippen LogP contribution < -0.4 is 9.80 Å². The molecule has 0 aliphatic rings. The normalized spacial score (nSPS) is 11.8. The summed E-state index contributed by atoms with van der Waals surface area (Å²) in [7, 11) is 0. The smallest absolute Gasteiger partial charge is 0.0555 e. The van der Waals surface area contributed by atoms with Gasteiger partial charge in [0.2, 0.25) is 0 Å². The Labute approximate surface area is 587 Å². The summed E-state index contributed by atoms with van der Waals surface area (Å²) in [6, 6.07) is 135. The molecule has 100 heavy (non-hydrogen) atoms. The maximum Gasteiger partial charge on any atom is 0.0555 e. The molecule has 20 rings (SSSR count). The van der Waals surface area contributed by atoms with Crippen molar-refractivity contribution >= 4 is 162 Å². The van der Waals surface area contributed by atoms with E-state index in [4.69, 9.17) is 0 Å². The lowest BCUT2D eigenvalue weighted by Crippen LogP contribution is -2.11. The van der Waals surface area contributed by atoms with E-state index in [2.05, 4.69) is 374 Å². The minimum atomic E-state index is 1.09. The quantitative estimate of drug-likeness (QED) is 0.119. The molecule has 18 aromatic carbocycles. The monoisotopic (exact) mass is 1300 g/mol. The van der Waals surface area contributed by atoms with Gasteiger partial charge in [0.05, 0.1) is 17.1 Å². The Morgan fingerprint density at radius 3 is 1.20 bits per heavy atom. The lowest BCUT2D eigenvalue weighted by Gasteiger charge is -2.29. The van der Waals surface area contributed by atoms with Gasteiger partial charge in [0.25, 0.3) is 0 Å². The number of nitrogens with zero attached hydrogens (tertiary/aromatic N) is 2. The molecule has 0 N–H and O–H groups in total. The van der Waals surface area contributed by atoms with Gasteiger partial charge in [-0.25, -0.2) is 0 Å². The van der Waals surface area contributed by atoms with Gasteiger partial charge in [0.1, 0.15) is 0 Å². The first-order valence-electron chi connectivity index (χ1n) is 34.3. The molecule has 4 heteroatoms. The minimum absolute atomic E-state index is 1.09. The molecule has 20 aromatic rings. The van der Waals surface area contributed by atoms with Gasteiger partial charge in [-0.2, -0.15) is 0 Å². The van der Waals surface area contributed by atoms with Crippen LogP contribution in [0.2, 0.25) is 0 Å². The van der Waals surface area contributed by atoms with Crippen molar-refractivity contribution in [3.63, 3.8) is 0 Å². The Bertz CT molecular complexity index is 6680. The standard InChI is InChI=1S/C96H60N2S2/c1-2-20-64-55-69(42-39-61(64)19-1)77-25-11-14-34-89(77)97(72-49-45-62(46-50-72)86-58-67-21-3-5-23-75(67)80-27-7-9-29-82(80)86)74-53-54-93-88(60-74)84-33-17-32-79(96(84)100-93)71-44-41-65-56-70(43-40-66(65)57-71)78-26-12-15-35-90(78)98(91-36-18-38-94-95(91)85-31-13-16-37-92(85)99-94)73-51-47-63(48-52-73)87-59-68-22-4-6-24-76(68)81-28-8-10-30-83(81)87/h1-60H. The molecule has 0 bridgehead atoms. The molecule has 0 unspecified atom stereocenters. The minimum Gasteiger partial charge on any atom is -0.310 e. The average molecular weight is 1310 g/mol. The highest BCUT2D eigenvalue weighted by Gasteiger charge is 2.24. The number of rotatable bonds is 11. The van der Waals surface area contributed by atoms with Gasteiger partial charge >= 0.3 is 0 Å². The fourth-order valence-electron chi connectivity index (χ4n) is 15.9. The SMILES string of the molecule is c1ccc(N(c2ccc(-c3cc4ccccc4c4ccccc34)cc2)c2ccc3sc4c(-c5ccc6cc(-c7ccccc7N(c7ccc(-c8cc9ccccc9c9ccccc89)cc7)c7cccc8sc9ccccc9c78)ccc6c5)cccc4c3c2)c(-c2ccc3ccccc3c2)c1. The maximum atomic E-state index is 2.50. The third-order valence-electron chi connectivity index (χ3n) is 20.6. The van der Waals surface area contributed by atoms with E-state index in [1.807, 2.05) is 22.7 Å². The molecule has 2 nitrogen and oxygen atoms in total. The van der Waals surface area contributed by atoms with Crippen LogP contribution in [-0.2, 0) is 0 Å². The molecule has 0 saturated heterocycles. The van der Waals surface area contributed by atoms with Crippen molar-refractivity contribution in [2.24, 2.45) is 0 Å². The van der Waals surface area contributed by atoms with Crippen LogP contribution in [0.3, 0.4) is 0 Å². The van der Waals surface area contributed by atoms with E-state index >= 15 is 0 Å². The van der Waals surface area contributed by atoms with Gasteiger partial charge in [0.15, 0.2) is 0 Å². The number of hydrogen-bond acceptors (Lipinski definition) is 4. The van der Waals surface area contributed by atoms with E-state index in [1.54, 1.807) is 0 Å². The highest BCUT2D eigenvalue weighted by atomic mass is 32.1. The molecule has 0 aliphatic carbocycles. The maximum absolute atomic E-state index is 2.50. The number of anilines is 6.